The van der Waals surface area contributed by atoms with Crippen molar-refractivity contribution in [3.05, 3.63) is 23.8 Å². The van der Waals surface area contributed by atoms with E-state index in [2.05, 4.69) is 5.32 Å². The van der Waals surface area contributed by atoms with E-state index >= 15 is 0 Å². The van der Waals surface area contributed by atoms with Crippen molar-refractivity contribution >= 4 is 11.9 Å². The standard InChI is InChI=1S/C15H17NO6/c17-14(9-3-4-11-12(6-9)22-8-21-11)16-13(15(18)19)10-2-1-5-20-7-10/h3-4,6,10,13H,1-2,5,7-8H2,(H,16,17)(H,18,19). The Bertz CT molecular complexity index is 581. The van der Waals surface area contributed by atoms with Gasteiger partial charge in [0.25, 0.3) is 5.91 Å². The third kappa shape index (κ3) is 2.99. The summed E-state index contributed by atoms with van der Waals surface area (Å²) >= 11 is 0. The predicted octanol–water partition coefficient (Wildman–Crippen LogP) is 1.02. The van der Waals surface area contributed by atoms with E-state index in [1.54, 1.807) is 18.2 Å². The van der Waals surface area contributed by atoms with Crippen molar-refractivity contribution in [3.63, 3.8) is 0 Å². The molecule has 1 fully saturated rings. The minimum Gasteiger partial charge on any atom is -0.480 e. The van der Waals surface area contributed by atoms with Crippen LogP contribution < -0.4 is 14.8 Å². The Morgan fingerprint density at radius 1 is 1.27 bits per heavy atom. The third-order valence-corrected chi connectivity index (χ3v) is 3.85. The lowest BCUT2D eigenvalue weighted by Gasteiger charge is -2.28. The Morgan fingerprint density at radius 3 is 2.82 bits per heavy atom. The van der Waals surface area contributed by atoms with E-state index in [9.17, 15) is 14.7 Å². The van der Waals surface area contributed by atoms with Crippen LogP contribution in [0, 0.1) is 5.92 Å². The first-order chi connectivity index (χ1) is 10.6. The van der Waals surface area contributed by atoms with Crippen molar-refractivity contribution in [1.29, 1.82) is 0 Å². The lowest BCUT2D eigenvalue weighted by molar-refractivity contribution is -0.142. The molecule has 1 aromatic carbocycles. The van der Waals surface area contributed by atoms with Gasteiger partial charge in [-0.25, -0.2) is 4.79 Å². The van der Waals surface area contributed by atoms with Crippen LogP contribution >= 0.6 is 0 Å². The summed E-state index contributed by atoms with van der Waals surface area (Å²) in [6.45, 7) is 1.11. The highest BCUT2D eigenvalue weighted by Crippen LogP contribution is 2.32. The molecule has 7 heteroatoms. The van der Waals surface area contributed by atoms with Gasteiger partial charge in [-0.1, -0.05) is 0 Å². The molecule has 2 atom stereocenters. The summed E-state index contributed by atoms with van der Waals surface area (Å²) in [5.41, 5.74) is 0.340. The molecule has 0 aromatic heterocycles. The number of carbonyl (C=O) groups excluding carboxylic acids is 1. The van der Waals surface area contributed by atoms with Crippen LogP contribution in [0.15, 0.2) is 18.2 Å². The number of carboxylic acid groups (broad SMARTS) is 1. The van der Waals surface area contributed by atoms with Gasteiger partial charge in [0, 0.05) is 18.1 Å². The fourth-order valence-electron chi connectivity index (χ4n) is 2.67. The smallest absolute Gasteiger partial charge is 0.326 e. The molecule has 2 N–H and O–H groups in total. The molecule has 0 saturated carbocycles. The van der Waals surface area contributed by atoms with Crippen molar-refractivity contribution in [2.75, 3.05) is 20.0 Å². The molecule has 0 spiro atoms. The molecule has 1 amide bonds. The molecule has 2 aliphatic heterocycles. The number of fused-ring (bicyclic) bond motifs is 1. The molecule has 118 valence electrons. The molecule has 3 rings (SSSR count). The molecule has 2 unspecified atom stereocenters. The quantitative estimate of drug-likeness (QED) is 0.862. The highest BCUT2D eigenvalue weighted by molar-refractivity contribution is 5.97. The average Bonchev–Trinajstić information content (AvgIpc) is 3.00. The Balaban J connectivity index is 1.72. The molecule has 0 radical (unpaired) electrons. The largest absolute Gasteiger partial charge is 0.480 e. The first-order valence-corrected chi connectivity index (χ1v) is 7.16. The van der Waals surface area contributed by atoms with Gasteiger partial charge in [0.05, 0.1) is 6.61 Å². The van der Waals surface area contributed by atoms with Gasteiger partial charge in [-0.15, -0.1) is 0 Å². The fourth-order valence-corrected chi connectivity index (χ4v) is 2.67. The van der Waals surface area contributed by atoms with Gasteiger partial charge in [-0.2, -0.15) is 0 Å². The van der Waals surface area contributed by atoms with Gasteiger partial charge in [-0.05, 0) is 31.0 Å². The Morgan fingerprint density at radius 2 is 2.09 bits per heavy atom. The Hall–Kier alpha value is -2.28. The summed E-state index contributed by atoms with van der Waals surface area (Å²) in [4.78, 5) is 23.7. The number of hydrogen-bond donors (Lipinski definition) is 2. The third-order valence-electron chi connectivity index (χ3n) is 3.85. The van der Waals surface area contributed by atoms with E-state index in [1.807, 2.05) is 0 Å². The first-order valence-electron chi connectivity index (χ1n) is 7.16. The zero-order valence-corrected chi connectivity index (χ0v) is 11.9. The summed E-state index contributed by atoms with van der Waals surface area (Å²) < 4.78 is 15.7. The number of ether oxygens (including phenoxy) is 3. The minimum absolute atomic E-state index is 0.123. The molecule has 22 heavy (non-hydrogen) atoms. The van der Waals surface area contributed by atoms with Gasteiger partial charge in [-0.3, -0.25) is 4.79 Å². The van der Waals surface area contributed by atoms with E-state index in [0.29, 0.717) is 30.3 Å². The number of nitrogens with one attached hydrogen (secondary N) is 1. The molecule has 0 bridgehead atoms. The van der Waals surface area contributed by atoms with E-state index in [0.717, 1.165) is 12.8 Å². The Kier molecular flexibility index (Phi) is 4.15. The SMILES string of the molecule is O=C(NC(C(=O)O)C1CCCOC1)c1ccc2c(c1)OCO2. The van der Waals surface area contributed by atoms with Gasteiger partial charge < -0.3 is 24.6 Å². The average molecular weight is 307 g/mol. The predicted molar refractivity (Wildman–Crippen MR) is 75.0 cm³/mol. The molecule has 7 nitrogen and oxygen atoms in total. The lowest BCUT2D eigenvalue weighted by Crippen LogP contribution is -2.48. The van der Waals surface area contributed by atoms with Crippen molar-refractivity contribution in [2.24, 2.45) is 5.92 Å². The number of rotatable bonds is 4. The summed E-state index contributed by atoms with van der Waals surface area (Å²) in [5.74, 6) is -0.655. The maximum atomic E-state index is 12.3. The topological polar surface area (TPSA) is 94.1 Å². The van der Waals surface area contributed by atoms with Crippen LogP contribution in [0.4, 0.5) is 0 Å². The number of amides is 1. The normalized spacial score (nSPS) is 21.2. The summed E-state index contributed by atoms with van der Waals surface area (Å²) in [6.07, 6.45) is 1.52. The molecule has 1 aromatic rings. The van der Waals surface area contributed by atoms with E-state index < -0.39 is 17.9 Å². The van der Waals surface area contributed by atoms with Crippen LogP contribution in [0.2, 0.25) is 0 Å². The molecular weight excluding hydrogens is 290 g/mol. The van der Waals surface area contributed by atoms with Crippen molar-refractivity contribution < 1.29 is 28.9 Å². The van der Waals surface area contributed by atoms with Gasteiger partial charge >= 0.3 is 5.97 Å². The number of aliphatic carboxylic acids is 1. The maximum Gasteiger partial charge on any atom is 0.326 e. The second-order valence-electron chi connectivity index (χ2n) is 5.33. The number of hydrogen-bond acceptors (Lipinski definition) is 5. The van der Waals surface area contributed by atoms with Crippen molar-refractivity contribution in [1.82, 2.24) is 5.32 Å². The number of benzene rings is 1. The highest BCUT2D eigenvalue weighted by atomic mass is 16.7. The molecular formula is C15H17NO6. The summed E-state index contributed by atoms with van der Waals surface area (Å²) in [7, 11) is 0. The lowest BCUT2D eigenvalue weighted by atomic mass is 9.93. The van der Waals surface area contributed by atoms with Crippen molar-refractivity contribution in [2.45, 2.75) is 18.9 Å². The van der Waals surface area contributed by atoms with Gasteiger partial charge in [0.2, 0.25) is 6.79 Å². The summed E-state index contributed by atoms with van der Waals surface area (Å²) in [5, 5.41) is 11.9. The molecule has 0 aliphatic carbocycles. The zero-order valence-electron chi connectivity index (χ0n) is 11.9. The monoisotopic (exact) mass is 307 g/mol. The van der Waals surface area contributed by atoms with E-state index in [4.69, 9.17) is 14.2 Å². The molecule has 1 saturated heterocycles. The minimum atomic E-state index is -1.05. The molecule has 2 aliphatic rings. The summed E-state index contributed by atoms with van der Waals surface area (Å²) in [6, 6.07) is 3.81. The van der Waals surface area contributed by atoms with Crippen LogP contribution in [0.5, 0.6) is 11.5 Å². The fraction of sp³-hybridized carbons (Fsp3) is 0.467. The molecule has 2 heterocycles. The van der Waals surface area contributed by atoms with Crippen LogP contribution in [-0.4, -0.2) is 43.0 Å². The van der Waals surface area contributed by atoms with Crippen LogP contribution in [0.3, 0.4) is 0 Å². The van der Waals surface area contributed by atoms with Gasteiger partial charge in [0.15, 0.2) is 11.5 Å². The zero-order chi connectivity index (χ0) is 15.5. The van der Waals surface area contributed by atoms with E-state index in [-0.39, 0.29) is 12.7 Å². The highest BCUT2D eigenvalue weighted by Gasteiger charge is 2.31. The van der Waals surface area contributed by atoms with Gasteiger partial charge in [0.1, 0.15) is 6.04 Å². The van der Waals surface area contributed by atoms with Crippen molar-refractivity contribution in [3.8, 4) is 11.5 Å². The number of carbonyl (C=O) groups is 2. The van der Waals surface area contributed by atoms with Crippen LogP contribution in [0.1, 0.15) is 23.2 Å². The number of carboxylic acids is 1. The van der Waals surface area contributed by atoms with E-state index in [1.165, 1.54) is 0 Å². The second-order valence-corrected chi connectivity index (χ2v) is 5.33. The Labute approximate surface area is 127 Å². The second kappa shape index (κ2) is 6.23. The maximum absolute atomic E-state index is 12.3. The first kappa shape index (κ1) is 14.6. The van der Waals surface area contributed by atoms with Crippen LogP contribution in [0.25, 0.3) is 0 Å². The van der Waals surface area contributed by atoms with Crippen LogP contribution in [-0.2, 0) is 9.53 Å².